The molecule has 0 amide bonds. The average molecular weight is 449 g/mol. The highest BCUT2D eigenvalue weighted by Crippen LogP contribution is 2.37. The van der Waals surface area contributed by atoms with E-state index in [-0.39, 0.29) is 5.04 Å². The van der Waals surface area contributed by atoms with Gasteiger partial charge < -0.3 is 14.7 Å². The van der Waals surface area contributed by atoms with Crippen LogP contribution in [0.1, 0.15) is 64.0 Å². The summed E-state index contributed by atoms with van der Waals surface area (Å²) in [6.07, 6.45) is 4.29. The summed E-state index contributed by atoms with van der Waals surface area (Å²) in [6, 6.07) is 21.8. The molecule has 2 N–H and O–H groups in total. The van der Waals surface area contributed by atoms with Gasteiger partial charge in [-0.25, -0.2) is 0 Å². The molecular formula is C26H36N4OSi. The van der Waals surface area contributed by atoms with E-state index in [0.717, 1.165) is 37.3 Å². The minimum absolute atomic E-state index is 0.0589. The zero-order valence-corrected chi connectivity index (χ0v) is 20.8. The largest absolute Gasteiger partial charge is 0.400 e. The molecule has 1 aliphatic carbocycles. The van der Waals surface area contributed by atoms with Gasteiger partial charge in [0.2, 0.25) is 0 Å². The zero-order valence-electron chi connectivity index (χ0n) is 19.8. The van der Waals surface area contributed by atoms with Crippen LogP contribution in [0.5, 0.6) is 0 Å². The smallest absolute Gasteiger partial charge is 0.261 e. The number of hydrogen-bond acceptors (Lipinski definition) is 4. The standard InChI is InChI=1S/C26H36N4OSi/c1-26(2,3)32(22-11-7-5-8-12-22,23-13-9-6-10-14-23)31-19-24-28-29-25(30(24)4)20-15-17-21(27)18-16-20/h5-14,20-21H,15-19,27H2,1-4H3/t20-,21-. The van der Waals surface area contributed by atoms with Gasteiger partial charge in [0.25, 0.3) is 8.32 Å². The molecule has 2 aromatic carbocycles. The van der Waals surface area contributed by atoms with Crippen molar-refractivity contribution in [2.24, 2.45) is 12.8 Å². The van der Waals surface area contributed by atoms with Crippen LogP contribution in [0.15, 0.2) is 60.7 Å². The Morgan fingerprint density at radius 2 is 1.44 bits per heavy atom. The number of nitrogens with two attached hydrogens (primary N) is 1. The molecule has 1 aromatic heterocycles. The Balaban J connectivity index is 1.68. The van der Waals surface area contributed by atoms with Crippen LogP contribution in [0.4, 0.5) is 0 Å². The summed E-state index contributed by atoms with van der Waals surface area (Å²) in [7, 11) is -0.515. The van der Waals surface area contributed by atoms with Crippen LogP contribution in [0.25, 0.3) is 0 Å². The predicted octanol–water partition coefficient (Wildman–Crippen LogP) is 3.88. The Kier molecular flexibility index (Phi) is 6.65. The predicted molar refractivity (Wildman–Crippen MR) is 133 cm³/mol. The number of benzene rings is 2. The quantitative estimate of drug-likeness (QED) is 0.581. The van der Waals surface area contributed by atoms with Gasteiger partial charge in [-0.1, -0.05) is 81.4 Å². The molecule has 1 aliphatic rings. The third-order valence-corrected chi connectivity index (χ3v) is 12.0. The first-order valence-electron chi connectivity index (χ1n) is 11.7. The lowest BCUT2D eigenvalue weighted by Gasteiger charge is -2.42. The van der Waals surface area contributed by atoms with Crippen LogP contribution in [0, 0.1) is 0 Å². The normalized spacial score (nSPS) is 19.8. The van der Waals surface area contributed by atoms with E-state index in [1.54, 1.807) is 0 Å². The van der Waals surface area contributed by atoms with Crippen LogP contribution in [0.3, 0.4) is 0 Å². The summed E-state index contributed by atoms with van der Waals surface area (Å²) in [6.45, 7) is 7.34. The molecule has 0 aliphatic heterocycles. The number of nitrogens with zero attached hydrogens (tertiary/aromatic N) is 3. The van der Waals surface area contributed by atoms with Gasteiger partial charge in [-0.2, -0.15) is 0 Å². The van der Waals surface area contributed by atoms with Gasteiger partial charge in [-0.05, 0) is 41.1 Å². The highest BCUT2D eigenvalue weighted by Gasteiger charge is 2.50. The molecule has 0 radical (unpaired) electrons. The topological polar surface area (TPSA) is 66.0 Å². The fraction of sp³-hybridized carbons (Fsp3) is 0.462. The second-order valence-corrected chi connectivity index (χ2v) is 14.4. The maximum Gasteiger partial charge on any atom is 0.261 e. The van der Waals surface area contributed by atoms with E-state index in [2.05, 4.69) is 103 Å². The van der Waals surface area contributed by atoms with E-state index in [9.17, 15) is 0 Å². The molecule has 0 saturated heterocycles. The van der Waals surface area contributed by atoms with Gasteiger partial charge in [0, 0.05) is 19.0 Å². The number of aromatic nitrogens is 3. The van der Waals surface area contributed by atoms with Crippen molar-refractivity contribution in [2.75, 3.05) is 0 Å². The van der Waals surface area contributed by atoms with Crippen molar-refractivity contribution in [3.05, 3.63) is 72.3 Å². The summed E-state index contributed by atoms with van der Waals surface area (Å²) in [4.78, 5) is 0. The van der Waals surface area contributed by atoms with Gasteiger partial charge in [0.15, 0.2) is 5.82 Å². The molecule has 170 valence electrons. The molecule has 1 saturated carbocycles. The summed E-state index contributed by atoms with van der Waals surface area (Å²) < 4.78 is 9.20. The Hall–Kier alpha value is -2.28. The van der Waals surface area contributed by atoms with E-state index in [1.165, 1.54) is 10.4 Å². The van der Waals surface area contributed by atoms with Crippen molar-refractivity contribution in [2.45, 2.75) is 70.1 Å². The van der Waals surface area contributed by atoms with Gasteiger partial charge in [-0.3, -0.25) is 0 Å². The van der Waals surface area contributed by atoms with Gasteiger partial charge in [-0.15, -0.1) is 10.2 Å². The minimum Gasteiger partial charge on any atom is -0.400 e. The molecule has 5 nitrogen and oxygen atoms in total. The van der Waals surface area contributed by atoms with Crippen molar-refractivity contribution < 1.29 is 4.43 Å². The van der Waals surface area contributed by atoms with Crippen molar-refractivity contribution >= 4 is 18.7 Å². The molecule has 4 rings (SSSR count). The number of hydrogen-bond donors (Lipinski definition) is 1. The highest BCUT2D eigenvalue weighted by molar-refractivity contribution is 6.99. The minimum atomic E-state index is -2.59. The molecule has 1 fully saturated rings. The molecule has 32 heavy (non-hydrogen) atoms. The number of rotatable bonds is 6. The van der Waals surface area contributed by atoms with Crippen LogP contribution < -0.4 is 16.1 Å². The molecule has 0 atom stereocenters. The maximum atomic E-state index is 7.05. The van der Waals surface area contributed by atoms with Crippen molar-refractivity contribution in [1.29, 1.82) is 0 Å². The van der Waals surface area contributed by atoms with E-state index in [4.69, 9.17) is 10.2 Å². The van der Waals surface area contributed by atoms with E-state index >= 15 is 0 Å². The average Bonchev–Trinajstić information content (AvgIpc) is 3.16. The molecule has 0 bridgehead atoms. The Morgan fingerprint density at radius 1 is 0.906 bits per heavy atom. The molecule has 0 spiro atoms. The fourth-order valence-corrected chi connectivity index (χ4v) is 9.67. The van der Waals surface area contributed by atoms with E-state index < -0.39 is 8.32 Å². The Bertz CT molecular complexity index is 966. The van der Waals surface area contributed by atoms with Crippen LogP contribution >= 0.6 is 0 Å². The van der Waals surface area contributed by atoms with Crippen molar-refractivity contribution in [3.8, 4) is 0 Å². The first-order chi connectivity index (χ1) is 15.3. The van der Waals surface area contributed by atoms with E-state index in [1.807, 2.05) is 0 Å². The monoisotopic (exact) mass is 448 g/mol. The maximum absolute atomic E-state index is 7.05. The Morgan fingerprint density at radius 3 is 1.94 bits per heavy atom. The molecule has 3 aromatic rings. The second-order valence-electron chi connectivity index (χ2n) is 10.1. The van der Waals surface area contributed by atoms with Gasteiger partial charge in [0.05, 0.1) is 6.61 Å². The summed E-state index contributed by atoms with van der Waals surface area (Å²) >= 11 is 0. The van der Waals surface area contributed by atoms with Gasteiger partial charge >= 0.3 is 0 Å². The SMILES string of the molecule is Cn1c(CO[Si](c2ccccc2)(c2ccccc2)C(C)(C)C)nnc1[C@H]1CC[C@H](N)CC1. The summed E-state index contributed by atoms with van der Waals surface area (Å²) in [5.41, 5.74) is 6.11. The first kappa shape index (κ1) is 22.9. The zero-order chi connectivity index (χ0) is 22.8. The summed E-state index contributed by atoms with van der Waals surface area (Å²) in [5, 5.41) is 11.6. The fourth-order valence-electron chi connectivity index (χ4n) is 5.17. The third-order valence-electron chi connectivity index (χ3n) is 6.97. The Labute approximate surface area is 193 Å². The second kappa shape index (κ2) is 9.30. The van der Waals surface area contributed by atoms with Crippen LogP contribution in [0.2, 0.25) is 5.04 Å². The van der Waals surface area contributed by atoms with Crippen molar-refractivity contribution in [1.82, 2.24) is 14.8 Å². The molecule has 6 heteroatoms. The van der Waals surface area contributed by atoms with Crippen LogP contribution in [-0.2, 0) is 18.1 Å². The van der Waals surface area contributed by atoms with Crippen molar-refractivity contribution in [3.63, 3.8) is 0 Å². The lowest BCUT2D eigenvalue weighted by Crippen LogP contribution is -2.66. The summed E-state index contributed by atoms with van der Waals surface area (Å²) in [5.74, 6) is 2.40. The highest BCUT2D eigenvalue weighted by atomic mass is 28.4. The van der Waals surface area contributed by atoms with E-state index in [0.29, 0.717) is 18.6 Å². The third kappa shape index (κ3) is 4.31. The lowest BCUT2D eigenvalue weighted by atomic mass is 9.86. The van der Waals surface area contributed by atoms with Gasteiger partial charge in [0.1, 0.15) is 5.82 Å². The molecule has 0 unspecified atom stereocenters. The lowest BCUT2D eigenvalue weighted by molar-refractivity contribution is 0.271. The molecule has 1 heterocycles. The first-order valence-corrected chi connectivity index (χ1v) is 13.6. The van der Waals surface area contributed by atoms with Crippen LogP contribution in [-0.4, -0.2) is 29.1 Å². The molecular weight excluding hydrogens is 412 g/mol.